The Bertz CT molecular complexity index is 1370. The zero-order chi connectivity index (χ0) is 27.2. The maximum atomic E-state index is 14.5. The van der Waals surface area contributed by atoms with Gasteiger partial charge in [-0.15, -0.1) is 0 Å². The SMILES string of the molecule is CCn1ncc(C(=O)N2C[C@H](c3ccccc3OC)[C@@]3(C2)CN(C(C)C)C(=O)N3c2cccc(F)c2)c1C. The molecule has 8 nitrogen and oxygen atoms in total. The molecule has 9 heteroatoms. The van der Waals surface area contributed by atoms with E-state index < -0.39 is 11.4 Å². The highest BCUT2D eigenvalue weighted by Gasteiger charge is 2.61. The van der Waals surface area contributed by atoms with Crippen molar-refractivity contribution < 1.29 is 18.7 Å². The summed E-state index contributed by atoms with van der Waals surface area (Å²) < 4.78 is 22.0. The molecule has 3 amide bonds. The Labute approximate surface area is 222 Å². The highest BCUT2D eigenvalue weighted by atomic mass is 19.1. The van der Waals surface area contributed by atoms with E-state index in [4.69, 9.17) is 4.74 Å². The molecule has 2 aliphatic rings. The molecular formula is C29H34FN5O3. The molecule has 0 bridgehead atoms. The normalized spacial score (nSPS) is 21.3. The van der Waals surface area contributed by atoms with Crippen LogP contribution in [0.2, 0.25) is 0 Å². The van der Waals surface area contributed by atoms with Crippen molar-refractivity contribution in [3.05, 3.63) is 77.4 Å². The summed E-state index contributed by atoms with van der Waals surface area (Å²) in [5.41, 5.74) is 1.90. The van der Waals surface area contributed by atoms with Gasteiger partial charge in [0.25, 0.3) is 5.91 Å². The lowest BCUT2D eigenvalue weighted by Gasteiger charge is -2.38. The third kappa shape index (κ3) is 4.01. The van der Waals surface area contributed by atoms with Crippen molar-refractivity contribution >= 4 is 17.6 Å². The van der Waals surface area contributed by atoms with E-state index in [1.165, 1.54) is 12.1 Å². The molecule has 0 radical (unpaired) electrons. The first-order valence-corrected chi connectivity index (χ1v) is 13.0. The van der Waals surface area contributed by atoms with Gasteiger partial charge in [-0.1, -0.05) is 24.3 Å². The summed E-state index contributed by atoms with van der Waals surface area (Å²) in [6, 6.07) is 13.6. The number of para-hydroxylation sites is 1. The first kappa shape index (κ1) is 25.8. The Balaban J connectivity index is 1.68. The standard InChI is InChI=1S/C29H34FN5O3/c1-6-34-20(4)24(15-31-34)27(36)32-16-25(23-12-7-8-13-26(23)38-5)29(17-32)18-33(19(2)3)28(37)35(29)22-11-9-10-21(30)14-22/h7-15,19,25H,6,16-18H2,1-5H3/t25-,29-/m1/s1. The van der Waals surface area contributed by atoms with Crippen LogP contribution < -0.4 is 9.64 Å². The molecule has 2 saturated heterocycles. The summed E-state index contributed by atoms with van der Waals surface area (Å²) in [4.78, 5) is 33.2. The van der Waals surface area contributed by atoms with Gasteiger partial charge in [0, 0.05) is 55.1 Å². The van der Waals surface area contributed by atoms with Crippen molar-refractivity contribution in [2.75, 3.05) is 31.6 Å². The average molecular weight is 520 g/mol. The number of amides is 3. The zero-order valence-corrected chi connectivity index (χ0v) is 22.5. The summed E-state index contributed by atoms with van der Waals surface area (Å²) in [6.45, 7) is 9.54. The number of likely N-dealkylation sites (tertiary alicyclic amines) is 1. The minimum absolute atomic E-state index is 0.0777. The molecule has 38 heavy (non-hydrogen) atoms. The summed E-state index contributed by atoms with van der Waals surface area (Å²) in [5.74, 6) is -0.139. The van der Waals surface area contributed by atoms with Crippen molar-refractivity contribution in [3.8, 4) is 5.75 Å². The maximum Gasteiger partial charge on any atom is 0.325 e. The molecule has 2 aromatic carbocycles. The van der Waals surface area contributed by atoms with Crippen LogP contribution in [0.1, 0.15) is 48.3 Å². The minimum Gasteiger partial charge on any atom is -0.496 e. The first-order valence-electron chi connectivity index (χ1n) is 13.0. The summed E-state index contributed by atoms with van der Waals surface area (Å²) >= 11 is 0. The summed E-state index contributed by atoms with van der Waals surface area (Å²) in [7, 11) is 1.62. The number of hydrogen-bond acceptors (Lipinski definition) is 4. The summed E-state index contributed by atoms with van der Waals surface area (Å²) in [6.07, 6.45) is 1.62. The predicted molar refractivity (Wildman–Crippen MR) is 143 cm³/mol. The topological polar surface area (TPSA) is 70.9 Å². The predicted octanol–water partition coefficient (Wildman–Crippen LogP) is 4.69. The van der Waals surface area contributed by atoms with E-state index in [9.17, 15) is 14.0 Å². The van der Waals surface area contributed by atoms with Crippen LogP contribution in [0.5, 0.6) is 5.75 Å². The van der Waals surface area contributed by atoms with Crippen LogP contribution in [0.3, 0.4) is 0 Å². The molecule has 1 spiro atoms. The molecule has 0 unspecified atom stereocenters. The van der Waals surface area contributed by atoms with Gasteiger partial charge in [-0.25, -0.2) is 9.18 Å². The highest BCUT2D eigenvalue weighted by Crippen LogP contribution is 2.49. The van der Waals surface area contributed by atoms with Crippen LogP contribution in [-0.4, -0.2) is 69.8 Å². The largest absolute Gasteiger partial charge is 0.496 e. The Hall–Kier alpha value is -3.88. The number of anilines is 1. The molecule has 3 heterocycles. The van der Waals surface area contributed by atoms with E-state index in [2.05, 4.69) is 5.10 Å². The molecule has 5 rings (SSSR count). The Morgan fingerprint density at radius 3 is 2.61 bits per heavy atom. The second-order valence-corrected chi connectivity index (χ2v) is 10.4. The number of rotatable bonds is 6. The van der Waals surface area contributed by atoms with E-state index in [1.807, 2.05) is 61.8 Å². The molecular weight excluding hydrogens is 485 g/mol. The fraction of sp³-hybridized carbons (Fsp3) is 0.414. The second-order valence-electron chi connectivity index (χ2n) is 10.4. The molecule has 3 aromatic rings. The van der Waals surface area contributed by atoms with Crippen LogP contribution in [0.15, 0.2) is 54.7 Å². The summed E-state index contributed by atoms with van der Waals surface area (Å²) in [5, 5.41) is 4.37. The van der Waals surface area contributed by atoms with Gasteiger partial charge in [0.1, 0.15) is 11.6 Å². The zero-order valence-electron chi connectivity index (χ0n) is 22.5. The van der Waals surface area contributed by atoms with E-state index in [1.54, 1.807) is 35.0 Å². The van der Waals surface area contributed by atoms with Crippen molar-refractivity contribution in [2.45, 2.75) is 51.7 Å². The number of aryl methyl sites for hydroxylation is 1. The number of benzene rings is 2. The lowest BCUT2D eigenvalue weighted by molar-refractivity contribution is 0.0782. The molecule has 2 atom stereocenters. The second kappa shape index (κ2) is 9.78. The monoisotopic (exact) mass is 519 g/mol. The molecule has 0 saturated carbocycles. The van der Waals surface area contributed by atoms with Gasteiger partial charge in [0.05, 0.1) is 24.4 Å². The smallest absolute Gasteiger partial charge is 0.325 e. The third-order valence-electron chi connectivity index (χ3n) is 7.97. The van der Waals surface area contributed by atoms with Crippen molar-refractivity contribution in [1.82, 2.24) is 19.6 Å². The van der Waals surface area contributed by atoms with E-state index in [0.717, 1.165) is 11.3 Å². The van der Waals surface area contributed by atoms with Gasteiger partial charge >= 0.3 is 6.03 Å². The Morgan fingerprint density at radius 2 is 1.95 bits per heavy atom. The lowest BCUT2D eigenvalue weighted by Crippen LogP contribution is -2.53. The number of methoxy groups -OCH3 is 1. The van der Waals surface area contributed by atoms with E-state index >= 15 is 0 Å². The van der Waals surface area contributed by atoms with Gasteiger partial charge in [-0.05, 0) is 52.0 Å². The molecule has 0 N–H and O–H groups in total. The quantitative estimate of drug-likeness (QED) is 0.474. The molecule has 0 aliphatic carbocycles. The maximum absolute atomic E-state index is 14.5. The van der Waals surface area contributed by atoms with Crippen LogP contribution in [0.25, 0.3) is 0 Å². The Kier molecular flexibility index (Phi) is 6.63. The fourth-order valence-electron chi connectivity index (χ4n) is 6.06. The van der Waals surface area contributed by atoms with Crippen molar-refractivity contribution in [1.29, 1.82) is 0 Å². The van der Waals surface area contributed by atoms with E-state index in [0.29, 0.717) is 36.6 Å². The minimum atomic E-state index is -0.839. The highest BCUT2D eigenvalue weighted by molar-refractivity contribution is 5.99. The number of urea groups is 1. The Morgan fingerprint density at radius 1 is 1.18 bits per heavy atom. The van der Waals surface area contributed by atoms with Crippen molar-refractivity contribution in [2.24, 2.45) is 0 Å². The number of aromatic nitrogens is 2. The van der Waals surface area contributed by atoms with Gasteiger partial charge < -0.3 is 14.5 Å². The van der Waals surface area contributed by atoms with Crippen LogP contribution in [0.4, 0.5) is 14.9 Å². The first-order chi connectivity index (χ1) is 18.2. The molecule has 1 aromatic heterocycles. The molecule has 2 fully saturated rings. The molecule has 200 valence electrons. The third-order valence-corrected chi connectivity index (χ3v) is 7.97. The number of carbonyl (C=O) groups is 2. The number of hydrogen-bond donors (Lipinski definition) is 0. The number of nitrogens with zero attached hydrogens (tertiary/aromatic N) is 5. The van der Waals surface area contributed by atoms with Gasteiger partial charge in [0.2, 0.25) is 0 Å². The van der Waals surface area contributed by atoms with Crippen LogP contribution >= 0.6 is 0 Å². The average Bonchev–Trinajstić information content (AvgIpc) is 3.56. The van der Waals surface area contributed by atoms with E-state index in [-0.39, 0.29) is 30.4 Å². The van der Waals surface area contributed by atoms with Gasteiger partial charge in [-0.3, -0.25) is 14.4 Å². The van der Waals surface area contributed by atoms with Crippen molar-refractivity contribution in [3.63, 3.8) is 0 Å². The van der Waals surface area contributed by atoms with Gasteiger partial charge in [0.15, 0.2) is 0 Å². The number of carbonyl (C=O) groups excluding carboxylic acids is 2. The van der Waals surface area contributed by atoms with Gasteiger partial charge in [-0.2, -0.15) is 5.10 Å². The lowest BCUT2D eigenvalue weighted by atomic mass is 9.80. The fourth-order valence-corrected chi connectivity index (χ4v) is 6.06. The molecule has 2 aliphatic heterocycles. The number of ether oxygens (including phenoxy) is 1. The van der Waals surface area contributed by atoms with Crippen LogP contribution in [0, 0.1) is 12.7 Å². The van der Waals surface area contributed by atoms with Crippen LogP contribution in [-0.2, 0) is 6.54 Å². The number of halogens is 1.